The van der Waals surface area contributed by atoms with Gasteiger partial charge in [-0.25, -0.2) is 9.97 Å². The third kappa shape index (κ3) is 3.96. The molecule has 4 aliphatic heterocycles. The lowest BCUT2D eigenvalue weighted by Crippen LogP contribution is -2.45. The lowest BCUT2D eigenvalue weighted by molar-refractivity contribution is 0.0209. The van der Waals surface area contributed by atoms with E-state index >= 15 is 0 Å². The van der Waals surface area contributed by atoms with Crippen molar-refractivity contribution < 1.29 is 9.47 Å². The lowest BCUT2D eigenvalue weighted by Gasteiger charge is -2.32. The summed E-state index contributed by atoms with van der Waals surface area (Å²) in [5.41, 5.74) is 0. The van der Waals surface area contributed by atoms with E-state index in [1.165, 1.54) is 12.8 Å². The molecule has 2 atom stereocenters. The van der Waals surface area contributed by atoms with Gasteiger partial charge in [0.25, 0.3) is 0 Å². The topological polar surface area (TPSA) is 57.2 Å². The van der Waals surface area contributed by atoms with Crippen molar-refractivity contribution in [2.24, 2.45) is 0 Å². The van der Waals surface area contributed by atoms with E-state index in [1.807, 2.05) is 0 Å². The van der Waals surface area contributed by atoms with Crippen LogP contribution in [0.5, 0.6) is 0 Å². The summed E-state index contributed by atoms with van der Waals surface area (Å²) < 4.78 is 11.0. The Kier molecular flexibility index (Phi) is 5.62. The normalized spacial score (nSPS) is 30.3. The van der Waals surface area contributed by atoms with Gasteiger partial charge in [-0.1, -0.05) is 0 Å². The minimum Gasteiger partial charge on any atom is -0.379 e. The zero-order valence-electron chi connectivity index (χ0n) is 16.7. The molecule has 2 unspecified atom stereocenters. The summed E-state index contributed by atoms with van der Waals surface area (Å²) in [4.78, 5) is 19.2. The van der Waals surface area contributed by atoms with Crippen molar-refractivity contribution in [2.75, 3.05) is 88.6 Å². The monoisotopic (exact) mass is 388 g/mol. The fraction of sp³-hybridized carbons (Fsp3) is 0.800. The fourth-order valence-corrected chi connectivity index (χ4v) is 5.06. The van der Waals surface area contributed by atoms with Crippen molar-refractivity contribution in [3.8, 4) is 0 Å². The molecule has 5 heterocycles. The molecule has 5 rings (SSSR count). The van der Waals surface area contributed by atoms with Crippen LogP contribution in [0.3, 0.4) is 0 Å². The van der Waals surface area contributed by atoms with Gasteiger partial charge in [0.1, 0.15) is 18.0 Å². The van der Waals surface area contributed by atoms with Gasteiger partial charge in [0.2, 0.25) is 0 Å². The third-order valence-electron chi connectivity index (χ3n) is 6.74. The van der Waals surface area contributed by atoms with Crippen LogP contribution in [0.1, 0.15) is 12.8 Å². The molecule has 0 saturated carbocycles. The number of hydrogen-bond donors (Lipinski definition) is 0. The molecule has 8 nitrogen and oxygen atoms in total. The molecule has 0 radical (unpaired) electrons. The van der Waals surface area contributed by atoms with Crippen molar-refractivity contribution in [2.45, 2.75) is 24.9 Å². The molecule has 0 N–H and O–H groups in total. The Hall–Kier alpha value is -1.48. The highest BCUT2D eigenvalue weighted by atomic mass is 16.5. The maximum atomic E-state index is 5.50. The molecule has 0 amide bonds. The second-order valence-electron chi connectivity index (χ2n) is 8.31. The van der Waals surface area contributed by atoms with E-state index in [9.17, 15) is 0 Å². The predicted molar refractivity (Wildman–Crippen MR) is 108 cm³/mol. The van der Waals surface area contributed by atoms with Crippen molar-refractivity contribution >= 4 is 11.6 Å². The van der Waals surface area contributed by atoms with Crippen LogP contribution in [0.2, 0.25) is 0 Å². The van der Waals surface area contributed by atoms with E-state index < -0.39 is 0 Å². The van der Waals surface area contributed by atoms with E-state index in [0.29, 0.717) is 12.1 Å². The van der Waals surface area contributed by atoms with Crippen LogP contribution >= 0.6 is 0 Å². The maximum Gasteiger partial charge on any atom is 0.134 e. The summed E-state index contributed by atoms with van der Waals surface area (Å²) in [6, 6.07) is 3.45. The van der Waals surface area contributed by atoms with Crippen LogP contribution in [0, 0.1) is 0 Å². The zero-order valence-corrected chi connectivity index (χ0v) is 16.7. The smallest absolute Gasteiger partial charge is 0.134 e. The third-order valence-corrected chi connectivity index (χ3v) is 6.74. The first kappa shape index (κ1) is 18.5. The van der Waals surface area contributed by atoms with Gasteiger partial charge in [-0.2, -0.15) is 0 Å². The molecular weight excluding hydrogens is 356 g/mol. The number of rotatable bonds is 4. The molecule has 0 bridgehead atoms. The Morgan fingerprint density at radius 3 is 1.61 bits per heavy atom. The van der Waals surface area contributed by atoms with Crippen molar-refractivity contribution in [3.05, 3.63) is 12.4 Å². The van der Waals surface area contributed by atoms with Crippen molar-refractivity contribution in [3.63, 3.8) is 0 Å². The largest absolute Gasteiger partial charge is 0.379 e. The van der Waals surface area contributed by atoms with Crippen LogP contribution in [-0.4, -0.2) is 111 Å². The van der Waals surface area contributed by atoms with E-state index in [1.54, 1.807) is 6.33 Å². The van der Waals surface area contributed by atoms with E-state index in [4.69, 9.17) is 9.47 Å². The van der Waals surface area contributed by atoms with Gasteiger partial charge >= 0.3 is 0 Å². The summed E-state index contributed by atoms with van der Waals surface area (Å²) in [6.07, 6.45) is 4.17. The number of ether oxygens (including phenoxy) is 2. The first-order chi connectivity index (χ1) is 13.9. The first-order valence-corrected chi connectivity index (χ1v) is 10.8. The lowest BCUT2D eigenvalue weighted by atomic mass is 10.2. The second kappa shape index (κ2) is 8.49. The van der Waals surface area contributed by atoms with Crippen LogP contribution in [0.15, 0.2) is 12.4 Å². The number of anilines is 2. The fourth-order valence-electron chi connectivity index (χ4n) is 5.06. The second-order valence-corrected chi connectivity index (χ2v) is 8.31. The average Bonchev–Trinajstić information content (AvgIpc) is 3.46. The quantitative estimate of drug-likeness (QED) is 0.730. The highest BCUT2D eigenvalue weighted by Crippen LogP contribution is 2.27. The van der Waals surface area contributed by atoms with Gasteiger partial charge in [-0.15, -0.1) is 0 Å². The van der Waals surface area contributed by atoms with E-state index in [0.717, 1.165) is 90.4 Å². The summed E-state index contributed by atoms with van der Waals surface area (Å²) in [6.45, 7) is 12.0. The number of aromatic nitrogens is 2. The molecule has 4 saturated heterocycles. The maximum absolute atomic E-state index is 5.50. The summed E-state index contributed by atoms with van der Waals surface area (Å²) >= 11 is 0. The highest BCUT2D eigenvalue weighted by Gasteiger charge is 2.32. The number of hydrogen-bond acceptors (Lipinski definition) is 8. The van der Waals surface area contributed by atoms with Crippen molar-refractivity contribution in [1.82, 2.24) is 19.8 Å². The molecule has 1 aromatic heterocycles. The van der Waals surface area contributed by atoms with E-state index in [-0.39, 0.29) is 0 Å². The van der Waals surface area contributed by atoms with Crippen LogP contribution in [0.4, 0.5) is 11.6 Å². The van der Waals surface area contributed by atoms with Gasteiger partial charge in [-0.05, 0) is 12.8 Å². The molecular formula is C20H32N6O2. The van der Waals surface area contributed by atoms with Gasteiger partial charge in [0.05, 0.1) is 26.4 Å². The number of morpholine rings is 2. The average molecular weight is 389 g/mol. The van der Waals surface area contributed by atoms with Gasteiger partial charge in [0.15, 0.2) is 0 Å². The summed E-state index contributed by atoms with van der Waals surface area (Å²) in [5.74, 6) is 2.16. The predicted octanol–water partition coefficient (Wildman–Crippen LogP) is 0.298. The molecule has 0 spiro atoms. The first-order valence-electron chi connectivity index (χ1n) is 10.8. The Bertz CT molecular complexity index is 598. The van der Waals surface area contributed by atoms with Gasteiger partial charge in [-0.3, -0.25) is 9.80 Å². The number of nitrogens with zero attached hydrogens (tertiary/aromatic N) is 6. The van der Waals surface area contributed by atoms with Gasteiger partial charge in [0, 0.05) is 70.5 Å². The van der Waals surface area contributed by atoms with E-state index in [2.05, 4.69) is 35.6 Å². The Labute approximate surface area is 167 Å². The summed E-state index contributed by atoms with van der Waals surface area (Å²) in [7, 11) is 0. The Balaban J connectivity index is 1.21. The van der Waals surface area contributed by atoms with Crippen LogP contribution in [-0.2, 0) is 9.47 Å². The molecule has 154 valence electrons. The minimum atomic E-state index is 0.625. The SMILES string of the molecule is c1nc(N2CCC(N3CCOCC3)C2)cc(N2CCC(N3CCOCC3)C2)n1. The Morgan fingerprint density at radius 2 is 1.14 bits per heavy atom. The molecule has 8 heteroatoms. The van der Waals surface area contributed by atoms with Crippen molar-refractivity contribution in [1.29, 1.82) is 0 Å². The molecule has 4 fully saturated rings. The minimum absolute atomic E-state index is 0.625. The Morgan fingerprint density at radius 1 is 0.679 bits per heavy atom. The molecule has 1 aromatic rings. The molecule has 0 aliphatic carbocycles. The molecule has 4 aliphatic rings. The molecule has 28 heavy (non-hydrogen) atoms. The molecule has 0 aromatic carbocycles. The van der Waals surface area contributed by atoms with Crippen LogP contribution < -0.4 is 9.80 Å². The summed E-state index contributed by atoms with van der Waals surface area (Å²) in [5, 5.41) is 0. The highest BCUT2D eigenvalue weighted by molar-refractivity contribution is 5.51. The van der Waals surface area contributed by atoms with Gasteiger partial charge < -0.3 is 19.3 Å². The van der Waals surface area contributed by atoms with Crippen LogP contribution in [0.25, 0.3) is 0 Å². The zero-order chi connectivity index (χ0) is 18.8. The standard InChI is InChI=1S/C20H32N6O2/c1-3-25(14-17(1)23-5-9-27-10-6-23)19-13-20(22-16-21-19)26-4-2-18(15-26)24-7-11-28-12-8-24/h13,16-18H,1-12,14-15H2.